The molecule has 0 spiro atoms. The van der Waals surface area contributed by atoms with Crippen LogP contribution in [0.15, 0.2) is 105 Å². The van der Waals surface area contributed by atoms with Crippen molar-refractivity contribution in [1.29, 1.82) is 0 Å². The van der Waals surface area contributed by atoms with Crippen molar-refractivity contribution in [2.24, 2.45) is 10.2 Å². The van der Waals surface area contributed by atoms with E-state index in [1.807, 2.05) is 0 Å². The average Bonchev–Trinajstić information content (AvgIpc) is 2.89. The Bertz CT molecular complexity index is 1460. The highest BCUT2D eigenvalue weighted by Gasteiger charge is 2.17. The number of benzene rings is 4. The van der Waals surface area contributed by atoms with E-state index >= 15 is 0 Å². The molecule has 6 nitrogen and oxygen atoms in total. The van der Waals surface area contributed by atoms with Gasteiger partial charge in [0.1, 0.15) is 0 Å². The normalized spacial score (nSPS) is 11.8. The van der Waals surface area contributed by atoms with Crippen LogP contribution in [-0.2, 0) is 9.84 Å². The minimum absolute atomic E-state index is 0.157. The molecule has 0 saturated carbocycles. The maximum absolute atomic E-state index is 13.0. The first-order valence-electron chi connectivity index (χ1n) is 10.7. The largest absolute Gasteiger partial charge is 0.279 e. The highest BCUT2D eigenvalue weighted by atomic mass is 35.5. The predicted molar refractivity (Wildman–Crippen MR) is 154 cm³/mol. The zero-order valence-electron chi connectivity index (χ0n) is 18.9. The molecule has 0 saturated heterocycles. The van der Waals surface area contributed by atoms with Gasteiger partial charge in [-0.05, 0) is 83.9 Å². The molecule has 0 unspecified atom stereocenters. The number of hydrazone groups is 2. The van der Waals surface area contributed by atoms with Gasteiger partial charge in [0.25, 0.3) is 0 Å². The van der Waals surface area contributed by atoms with Gasteiger partial charge in [-0.2, -0.15) is 10.2 Å². The second kappa shape index (κ2) is 12.0. The minimum atomic E-state index is -3.70. The van der Waals surface area contributed by atoms with Gasteiger partial charge in [0.15, 0.2) is 0 Å². The summed E-state index contributed by atoms with van der Waals surface area (Å²) in [6, 6.07) is 22.9. The van der Waals surface area contributed by atoms with Gasteiger partial charge in [0.05, 0.1) is 53.7 Å². The third-order valence-corrected chi connectivity index (χ3v) is 8.29. The van der Waals surface area contributed by atoms with Crippen LogP contribution in [0.25, 0.3) is 0 Å². The van der Waals surface area contributed by atoms with E-state index in [4.69, 9.17) is 46.4 Å². The van der Waals surface area contributed by atoms with Gasteiger partial charge in [-0.3, -0.25) is 10.9 Å². The molecule has 4 aromatic rings. The van der Waals surface area contributed by atoms with E-state index in [-0.39, 0.29) is 9.79 Å². The molecule has 0 heterocycles. The Morgan fingerprint density at radius 3 is 1.27 bits per heavy atom. The molecule has 0 aliphatic heterocycles. The molecule has 0 radical (unpaired) electrons. The lowest BCUT2D eigenvalue weighted by molar-refractivity contribution is 0.596. The first-order valence-corrected chi connectivity index (χ1v) is 13.7. The number of nitrogens with zero attached hydrogens (tertiary/aromatic N) is 2. The maximum atomic E-state index is 13.0. The Balaban J connectivity index is 1.38. The summed E-state index contributed by atoms with van der Waals surface area (Å²) in [6.07, 6.45) is 3.16. The van der Waals surface area contributed by atoms with E-state index in [1.165, 1.54) is 24.3 Å². The molecule has 2 N–H and O–H groups in total. The summed E-state index contributed by atoms with van der Waals surface area (Å²) in [4.78, 5) is 0.315. The number of sulfone groups is 1. The summed E-state index contributed by atoms with van der Waals surface area (Å²) in [7, 11) is -3.70. The minimum Gasteiger partial charge on any atom is -0.279 e. The molecule has 188 valence electrons. The summed E-state index contributed by atoms with van der Waals surface area (Å²) in [5, 5.41) is 10.1. The van der Waals surface area contributed by atoms with Crippen molar-refractivity contribution < 1.29 is 8.42 Å². The van der Waals surface area contributed by atoms with Gasteiger partial charge in [-0.1, -0.05) is 58.5 Å². The number of nitrogens with one attached hydrogen (secondary N) is 2. The first kappa shape index (κ1) is 27.0. The topological polar surface area (TPSA) is 82.9 Å². The van der Waals surface area contributed by atoms with Gasteiger partial charge in [0, 0.05) is 0 Å². The zero-order chi connectivity index (χ0) is 26.4. The zero-order valence-corrected chi connectivity index (χ0v) is 22.7. The fraction of sp³-hybridized carbons (Fsp3) is 0. The van der Waals surface area contributed by atoms with Crippen LogP contribution in [-0.4, -0.2) is 20.8 Å². The Morgan fingerprint density at radius 1 is 0.541 bits per heavy atom. The van der Waals surface area contributed by atoms with Crippen LogP contribution in [0, 0.1) is 0 Å². The van der Waals surface area contributed by atoms with Crippen molar-refractivity contribution in [1.82, 2.24) is 0 Å². The quantitative estimate of drug-likeness (QED) is 0.160. The van der Waals surface area contributed by atoms with E-state index in [9.17, 15) is 8.42 Å². The van der Waals surface area contributed by atoms with Crippen LogP contribution in [0.2, 0.25) is 20.1 Å². The van der Waals surface area contributed by atoms with Crippen molar-refractivity contribution in [3.05, 3.63) is 116 Å². The van der Waals surface area contributed by atoms with Crippen molar-refractivity contribution >= 4 is 80.0 Å². The van der Waals surface area contributed by atoms with E-state index < -0.39 is 9.84 Å². The summed E-state index contributed by atoms with van der Waals surface area (Å²) in [5.41, 5.74) is 8.47. The Kier molecular flexibility index (Phi) is 8.74. The lowest BCUT2D eigenvalue weighted by Crippen LogP contribution is -2.02. The summed E-state index contributed by atoms with van der Waals surface area (Å²) < 4.78 is 26.1. The van der Waals surface area contributed by atoms with Crippen LogP contribution < -0.4 is 10.9 Å². The lowest BCUT2D eigenvalue weighted by Gasteiger charge is -2.07. The molecule has 0 amide bonds. The molecule has 0 aromatic heterocycles. The summed E-state index contributed by atoms with van der Waals surface area (Å²) in [6.45, 7) is 0. The Morgan fingerprint density at radius 2 is 0.919 bits per heavy atom. The van der Waals surface area contributed by atoms with E-state index in [1.54, 1.807) is 73.1 Å². The average molecular weight is 592 g/mol. The summed E-state index contributed by atoms with van der Waals surface area (Å²) in [5.74, 6) is 0. The van der Waals surface area contributed by atoms with Gasteiger partial charge in [-0.25, -0.2) is 8.42 Å². The number of hydrogen-bond donors (Lipinski definition) is 2. The predicted octanol–water partition coefficient (Wildman–Crippen LogP) is 8.03. The van der Waals surface area contributed by atoms with E-state index in [0.29, 0.717) is 31.5 Å². The summed E-state index contributed by atoms with van der Waals surface area (Å²) >= 11 is 23.8. The molecule has 4 rings (SSSR count). The van der Waals surface area contributed by atoms with Crippen LogP contribution in [0.5, 0.6) is 0 Å². The fourth-order valence-electron chi connectivity index (χ4n) is 3.10. The standard InChI is InChI=1S/C26H18Cl4N4O2S/c27-23-11-1-17(13-25(23)29)15-31-33-19-3-7-21(8-4-19)37(35,36)22-9-5-20(6-10-22)34-32-16-18-2-12-24(28)26(30)14-18/h1-16,33-34H. The van der Waals surface area contributed by atoms with Crippen molar-refractivity contribution in [2.75, 3.05) is 10.9 Å². The third-order valence-electron chi connectivity index (χ3n) is 5.03. The molecule has 0 atom stereocenters. The number of anilines is 2. The van der Waals surface area contributed by atoms with Crippen molar-refractivity contribution in [2.45, 2.75) is 9.79 Å². The van der Waals surface area contributed by atoms with Crippen LogP contribution in [0.4, 0.5) is 11.4 Å². The molecular formula is C26H18Cl4N4O2S. The number of rotatable bonds is 8. The molecule has 37 heavy (non-hydrogen) atoms. The lowest BCUT2D eigenvalue weighted by atomic mass is 10.2. The molecule has 0 bridgehead atoms. The van der Waals surface area contributed by atoms with Gasteiger partial charge in [-0.15, -0.1) is 0 Å². The van der Waals surface area contributed by atoms with Crippen molar-refractivity contribution in [3.63, 3.8) is 0 Å². The molecule has 4 aromatic carbocycles. The highest BCUT2D eigenvalue weighted by molar-refractivity contribution is 7.91. The number of hydrogen-bond acceptors (Lipinski definition) is 6. The first-order chi connectivity index (χ1) is 17.7. The smallest absolute Gasteiger partial charge is 0.206 e. The molecular weight excluding hydrogens is 574 g/mol. The van der Waals surface area contributed by atoms with Crippen LogP contribution >= 0.6 is 46.4 Å². The third kappa shape index (κ3) is 7.03. The van der Waals surface area contributed by atoms with E-state index in [2.05, 4.69) is 21.1 Å². The monoisotopic (exact) mass is 590 g/mol. The van der Waals surface area contributed by atoms with Gasteiger partial charge < -0.3 is 0 Å². The van der Waals surface area contributed by atoms with Crippen molar-refractivity contribution in [3.8, 4) is 0 Å². The van der Waals surface area contributed by atoms with Gasteiger partial charge >= 0.3 is 0 Å². The maximum Gasteiger partial charge on any atom is 0.206 e. The molecule has 0 aliphatic rings. The highest BCUT2D eigenvalue weighted by Crippen LogP contribution is 2.25. The Hall–Kier alpha value is -3.07. The second-order valence-corrected chi connectivity index (χ2v) is 11.2. The van der Waals surface area contributed by atoms with Crippen LogP contribution in [0.3, 0.4) is 0 Å². The second-order valence-electron chi connectivity index (χ2n) is 7.64. The molecule has 0 fully saturated rings. The number of halogens is 4. The van der Waals surface area contributed by atoms with Crippen LogP contribution in [0.1, 0.15) is 11.1 Å². The SMILES string of the molecule is O=S(=O)(c1ccc(NN=Cc2ccc(Cl)c(Cl)c2)cc1)c1ccc(NN=Cc2ccc(Cl)c(Cl)c2)cc1. The molecule has 11 heteroatoms. The Labute approximate surface area is 234 Å². The van der Waals surface area contributed by atoms with E-state index in [0.717, 1.165) is 11.1 Å². The fourth-order valence-corrected chi connectivity index (χ4v) is 4.98. The molecule has 0 aliphatic carbocycles. The van der Waals surface area contributed by atoms with Gasteiger partial charge in [0.2, 0.25) is 9.84 Å².